The lowest BCUT2D eigenvalue weighted by atomic mass is 10.1. The number of hydrogen-bond acceptors (Lipinski definition) is 4. The standard InChI is InChI=1S/C15H16F3N3O2/c1-9(2)19-12(22)6-7-13-20-14(21-23-13)10-4-3-5-11(8-10)15(16,17)18/h3-5,8-9H,6-7H2,1-2H3,(H,19,22). The first-order valence-electron chi connectivity index (χ1n) is 7.05. The molecule has 23 heavy (non-hydrogen) atoms. The van der Waals surface area contributed by atoms with Gasteiger partial charge in [-0.3, -0.25) is 4.79 Å². The first kappa shape index (κ1) is 17.0. The fourth-order valence-corrected chi connectivity index (χ4v) is 1.92. The fourth-order valence-electron chi connectivity index (χ4n) is 1.92. The number of amides is 1. The van der Waals surface area contributed by atoms with E-state index < -0.39 is 11.7 Å². The average Bonchev–Trinajstić information content (AvgIpc) is 2.92. The molecule has 1 heterocycles. The molecule has 0 saturated carbocycles. The van der Waals surface area contributed by atoms with Gasteiger partial charge in [0.2, 0.25) is 17.6 Å². The van der Waals surface area contributed by atoms with E-state index in [4.69, 9.17) is 4.52 Å². The molecular weight excluding hydrogens is 311 g/mol. The Hall–Kier alpha value is -2.38. The molecule has 1 N–H and O–H groups in total. The van der Waals surface area contributed by atoms with Crippen molar-refractivity contribution in [2.45, 2.75) is 38.9 Å². The summed E-state index contributed by atoms with van der Waals surface area (Å²) in [6.45, 7) is 3.69. The van der Waals surface area contributed by atoms with Crippen LogP contribution in [-0.4, -0.2) is 22.1 Å². The zero-order valence-corrected chi connectivity index (χ0v) is 12.6. The third-order valence-corrected chi connectivity index (χ3v) is 2.93. The van der Waals surface area contributed by atoms with Crippen LogP contribution in [-0.2, 0) is 17.4 Å². The molecule has 124 valence electrons. The van der Waals surface area contributed by atoms with Gasteiger partial charge in [-0.05, 0) is 26.0 Å². The van der Waals surface area contributed by atoms with E-state index in [0.29, 0.717) is 0 Å². The van der Waals surface area contributed by atoms with Gasteiger partial charge in [0.05, 0.1) is 5.56 Å². The van der Waals surface area contributed by atoms with E-state index in [1.807, 2.05) is 13.8 Å². The molecule has 5 nitrogen and oxygen atoms in total. The lowest BCUT2D eigenvalue weighted by molar-refractivity contribution is -0.137. The van der Waals surface area contributed by atoms with Crippen molar-refractivity contribution in [1.29, 1.82) is 0 Å². The summed E-state index contributed by atoms with van der Waals surface area (Å²) in [5, 5.41) is 6.39. The maximum absolute atomic E-state index is 12.7. The van der Waals surface area contributed by atoms with E-state index in [0.717, 1.165) is 12.1 Å². The molecule has 0 fully saturated rings. The van der Waals surface area contributed by atoms with Crippen LogP contribution in [0.4, 0.5) is 13.2 Å². The van der Waals surface area contributed by atoms with Gasteiger partial charge in [-0.25, -0.2) is 0 Å². The minimum Gasteiger partial charge on any atom is -0.354 e. The number of rotatable bonds is 5. The highest BCUT2D eigenvalue weighted by molar-refractivity contribution is 5.76. The van der Waals surface area contributed by atoms with Gasteiger partial charge in [0.15, 0.2) is 0 Å². The van der Waals surface area contributed by atoms with Crippen LogP contribution in [0.3, 0.4) is 0 Å². The molecule has 1 aromatic carbocycles. The van der Waals surface area contributed by atoms with E-state index in [1.165, 1.54) is 12.1 Å². The van der Waals surface area contributed by atoms with Crippen LogP contribution >= 0.6 is 0 Å². The van der Waals surface area contributed by atoms with Crippen molar-refractivity contribution in [3.63, 3.8) is 0 Å². The van der Waals surface area contributed by atoms with Crippen molar-refractivity contribution in [2.75, 3.05) is 0 Å². The maximum atomic E-state index is 12.7. The summed E-state index contributed by atoms with van der Waals surface area (Å²) in [5.74, 6) is 0.116. The summed E-state index contributed by atoms with van der Waals surface area (Å²) in [4.78, 5) is 15.6. The van der Waals surface area contributed by atoms with Crippen molar-refractivity contribution in [3.05, 3.63) is 35.7 Å². The molecule has 2 rings (SSSR count). The molecule has 0 aliphatic rings. The number of halogens is 3. The monoisotopic (exact) mass is 327 g/mol. The fraction of sp³-hybridized carbons (Fsp3) is 0.400. The number of benzene rings is 1. The molecule has 0 unspecified atom stereocenters. The van der Waals surface area contributed by atoms with Gasteiger partial charge in [-0.2, -0.15) is 18.2 Å². The third-order valence-electron chi connectivity index (χ3n) is 2.93. The molecule has 0 aliphatic carbocycles. The zero-order valence-electron chi connectivity index (χ0n) is 12.6. The van der Waals surface area contributed by atoms with Crippen LogP contribution in [0, 0.1) is 0 Å². The van der Waals surface area contributed by atoms with Crippen LogP contribution in [0.1, 0.15) is 31.7 Å². The lowest BCUT2D eigenvalue weighted by Crippen LogP contribution is -2.30. The van der Waals surface area contributed by atoms with Gasteiger partial charge in [0.25, 0.3) is 0 Å². The molecule has 0 atom stereocenters. The minimum absolute atomic E-state index is 0.0332. The van der Waals surface area contributed by atoms with E-state index in [1.54, 1.807) is 0 Å². The molecule has 2 aromatic rings. The predicted octanol–water partition coefficient (Wildman–Crippen LogP) is 3.21. The average molecular weight is 327 g/mol. The number of nitrogens with zero attached hydrogens (tertiary/aromatic N) is 2. The second-order valence-corrected chi connectivity index (χ2v) is 5.31. The first-order valence-corrected chi connectivity index (χ1v) is 7.05. The number of alkyl halides is 3. The molecule has 0 saturated heterocycles. The van der Waals surface area contributed by atoms with E-state index in [-0.39, 0.29) is 42.1 Å². The Bertz CT molecular complexity index is 681. The Morgan fingerprint density at radius 2 is 2.09 bits per heavy atom. The number of carbonyl (C=O) groups excluding carboxylic acids is 1. The smallest absolute Gasteiger partial charge is 0.354 e. The number of aryl methyl sites for hydroxylation is 1. The third kappa shape index (κ3) is 4.80. The van der Waals surface area contributed by atoms with Crippen LogP contribution in [0.25, 0.3) is 11.4 Å². The number of aromatic nitrogens is 2. The molecule has 1 amide bonds. The zero-order chi connectivity index (χ0) is 17.0. The van der Waals surface area contributed by atoms with Gasteiger partial charge >= 0.3 is 6.18 Å². The summed E-state index contributed by atoms with van der Waals surface area (Å²) < 4.78 is 43.1. The van der Waals surface area contributed by atoms with Gasteiger partial charge in [0.1, 0.15) is 0 Å². The molecule has 1 aromatic heterocycles. The number of carbonyl (C=O) groups is 1. The second kappa shape index (κ2) is 6.80. The Morgan fingerprint density at radius 3 is 2.74 bits per heavy atom. The molecule has 0 spiro atoms. The topological polar surface area (TPSA) is 68.0 Å². The molecule has 0 radical (unpaired) electrons. The van der Waals surface area contributed by atoms with Crippen molar-refractivity contribution in [3.8, 4) is 11.4 Å². The first-order chi connectivity index (χ1) is 10.8. The van der Waals surface area contributed by atoms with Gasteiger partial charge in [0, 0.05) is 24.4 Å². The van der Waals surface area contributed by atoms with Crippen molar-refractivity contribution >= 4 is 5.91 Å². The molecular formula is C15H16F3N3O2. The SMILES string of the molecule is CC(C)NC(=O)CCc1nc(-c2cccc(C(F)(F)F)c2)no1. The number of hydrogen-bond donors (Lipinski definition) is 1. The van der Waals surface area contributed by atoms with E-state index in [9.17, 15) is 18.0 Å². The Kier molecular flexibility index (Phi) is 5.02. The quantitative estimate of drug-likeness (QED) is 0.915. The van der Waals surface area contributed by atoms with E-state index in [2.05, 4.69) is 15.5 Å². The summed E-state index contributed by atoms with van der Waals surface area (Å²) in [5.41, 5.74) is -0.570. The molecule has 0 aliphatic heterocycles. The van der Waals surface area contributed by atoms with Gasteiger partial charge in [-0.15, -0.1) is 0 Å². The van der Waals surface area contributed by atoms with Crippen LogP contribution in [0.5, 0.6) is 0 Å². The Labute approximate surface area is 130 Å². The molecule has 0 bridgehead atoms. The van der Waals surface area contributed by atoms with Crippen LogP contribution in [0.2, 0.25) is 0 Å². The summed E-state index contributed by atoms with van der Waals surface area (Å²) in [7, 11) is 0. The van der Waals surface area contributed by atoms with Crippen molar-refractivity contribution in [2.24, 2.45) is 0 Å². The second-order valence-electron chi connectivity index (χ2n) is 5.31. The highest BCUT2D eigenvalue weighted by atomic mass is 19.4. The maximum Gasteiger partial charge on any atom is 0.416 e. The minimum atomic E-state index is -4.43. The summed E-state index contributed by atoms with van der Waals surface area (Å²) in [6, 6.07) is 4.71. The van der Waals surface area contributed by atoms with Crippen LogP contribution < -0.4 is 5.32 Å². The van der Waals surface area contributed by atoms with Gasteiger partial charge in [-0.1, -0.05) is 17.3 Å². The Balaban J connectivity index is 2.06. The Morgan fingerprint density at radius 1 is 1.35 bits per heavy atom. The summed E-state index contributed by atoms with van der Waals surface area (Å²) in [6.07, 6.45) is -4.04. The molecule has 8 heteroatoms. The predicted molar refractivity (Wildman–Crippen MR) is 76.3 cm³/mol. The highest BCUT2D eigenvalue weighted by Crippen LogP contribution is 2.31. The normalized spacial score (nSPS) is 11.7. The van der Waals surface area contributed by atoms with Crippen molar-refractivity contribution in [1.82, 2.24) is 15.5 Å². The number of nitrogens with one attached hydrogen (secondary N) is 1. The lowest BCUT2D eigenvalue weighted by Gasteiger charge is -2.06. The van der Waals surface area contributed by atoms with Crippen molar-refractivity contribution < 1.29 is 22.5 Å². The van der Waals surface area contributed by atoms with Gasteiger partial charge < -0.3 is 9.84 Å². The van der Waals surface area contributed by atoms with E-state index >= 15 is 0 Å². The largest absolute Gasteiger partial charge is 0.416 e. The van der Waals surface area contributed by atoms with Crippen LogP contribution in [0.15, 0.2) is 28.8 Å². The highest BCUT2D eigenvalue weighted by Gasteiger charge is 2.30. The summed E-state index contributed by atoms with van der Waals surface area (Å²) >= 11 is 0.